The molecule has 1 aliphatic rings. The summed E-state index contributed by atoms with van der Waals surface area (Å²) in [5, 5.41) is 3.37. The molecule has 1 heterocycles. The van der Waals surface area contributed by atoms with Crippen LogP contribution in [0.25, 0.3) is 0 Å². The highest BCUT2D eigenvalue weighted by Gasteiger charge is 2.32. The Kier molecular flexibility index (Phi) is 14.1. The van der Waals surface area contributed by atoms with Gasteiger partial charge in [-0.2, -0.15) is 4.99 Å². The van der Waals surface area contributed by atoms with Crippen LogP contribution < -0.4 is 20.7 Å². The molecule has 1 fully saturated rings. The summed E-state index contributed by atoms with van der Waals surface area (Å²) >= 11 is 1.14. The van der Waals surface area contributed by atoms with Crippen molar-refractivity contribution in [2.75, 3.05) is 23.9 Å². The van der Waals surface area contributed by atoms with Gasteiger partial charge in [0.2, 0.25) is 12.3 Å². The molecule has 3 rings (SSSR count). The molecule has 0 spiro atoms. The summed E-state index contributed by atoms with van der Waals surface area (Å²) in [6, 6.07) is 11.3. The van der Waals surface area contributed by atoms with Gasteiger partial charge in [0.15, 0.2) is 5.17 Å². The van der Waals surface area contributed by atoms with Crippen molar-refractivity contribution >= 4 is 61.7 Å². The number of ether oxygens (including phenoxy) is 2. The maximum Gasteiger partial charge on any atom is 0.347 e. The van der Waals surface area contributed by atoms with E-state index in [9.17, 15) is 18.4 Å². The Morgan fingerprint density at radius 2 is 2.02 bits per heavy atom. The van der Waals surface area contributed by atoms with E-state index in [4.69, 9.17) is 15.2 Å². The molecule has 3 amide bonds. The molecule has 2 atom stereocenters. The van der Waals surface area contributed by atoms with Crippen LogP contribution in [0.15, 0.2) is 92.8 Å². The van der Waals surface area contributed by atoms with Crippen LogP contribution in [0.4, 0.5) is 25.0 Å². The molecule has 2 unspecified atom stereocenters. The largest absolute Gasteiger partial charge is 0.461 e. The zero-order valence-corrected chi connectivity index (χ0v) is 27.0. The lowest BCUT2D eigenvalue weighted by Gasteiger charge is -2.20. The number of nitrogens with zero attached hydrogens (tertiary/aromatic N) is 4. The lowest BCUT2D eigenvalue weighted by atomic mass is 10.1. The number of allylic oxidation sites excluding steroid dienone is 3. The zero-order valence-electron chi connectivity index (χ0n) is 25.1. The second kappa shape index (κ2) is 17.9. The molecule has 14 heteroatoms. The van der Waals surface area contributed by atoms with Gasteiger partial charge in [-0.05, 0) is 61.1 Å². The van der Waals surface area contributed by atoms with E-state index >= 15 is 0 Å². The van der Waals surface area contributed by atoms with Crippen molar-refractivity contribution in [2.24, 2.45) is 20.7 Å². The van der Waals surface area contributed by atoms with Gasteiger partial charge in [0.05, 0.1) is 30.3 Å². The molecule has 2 aromatic carbocycles. The Morgan fingerprint density at radius 1 is 1.27 bits per heavy atom. The number of alkyl halides is 2. The summed E-state index contributed by atoms with van der Waals surface area (Å²) in [5.41, 5.74) is 9.40. The van der Waals surface area contributed by atoms with Gasteiger partial charge in [-0.1, -0.05) is 36.0 Å². The van der Waals surface area contributed by atoms with Gasteiger partial charge < -0.3 is 20.5 Å². The Morgan fingerprint density at radius 3 is 2.71 bits per heavy atom. The maximum absolute atomic E-state index is 13.0. The van der Waals surface area contributed by atoms with Crippen molar-refractivity contribution in [1.29, 1.82) is 0 Å². The lowest BCUT2D eigenvalue weighted by molar-refractivity contribution is -0.115. The minimum absolute atomic E-state index is 0.0636. The molecule has 0 saturated carbocycles. The van der Waals surface area contributed by atoms with Crippen LogP contribution in [0.5, 0.6) is 5.75 Å². The predicted molar refractivity (Wildman–Crippen MR) is 181 cm³/mol. The number of thioether (sulfide) groups is 1. The van der Waals surface area contributed by atoms with Gasteiger partial charge >= 0.3 is 6.03 Å². The van der Waals surface area contributed by atoms with Gasteiger partial charge in [-0.15, -0.1) is 9.24 Å². The van der Waals surface area contributed by atoms with Crippen molar-refractivity contribution < 1.29 is 27.8 Å². The molecule has 1 aliphatic heterocycles. The number of carbonyl (C=O) groups is 2. The molecule has 238 valence electrons. The smallest absolute Gasteiger partial charge is 0.347 e. The molecule has 0 radical (unpaired) electrons. The SMILES string of the molecule is C\C=C/C(=C\C(P)=C\NC(=O)/N=C1\SCC(=O)N1c1cc(C)ccc1COCCF)C(N)=NC=Nc1ccc(OC(C)F)cc1. The van der Waals surface area contributed by atoms with E-state index < -0.39 is 19.1 Å². The number of halogens is 2. The third-order valence-electron chi connectivity index (χ3n) is 5.79. The topological polar surface area (TPSA) is 131 Å². The molecule has 0 bridgehead atoms. The minimum atomic E-state index is -1.42. The van der Waals surface area contributed by atoms with Crippen LogP contribution in [-0.2, 0) is 16.1 Å². The second-order valence-electron chi connectivity index (χ2n) is 9.39. The maximum atomic E-state index is 13.0. The molecule has 1 saturated heterocycles. The van der Waals surface area contributed by atoms with E-state index in [0.717, 1.165) is 17.3 Å². The minimum Gasteiger partial charge on any atom is -0.461 e. The van der Waals surface area contributed by atoms with E-state index in [0.29, 0.717) is 33.6 Å². The number of hydrogen-bond acceptors (Lipinski definition) is 6. The molecular formula is C31H35F2N6O4PS. The fourth-order valence-electron chi connectivity index (χ4n) is 3.83. The van der Waals surface area contributed by atoms with Gasteiger partial charge in [0.25, 0.3) is 0 Å². The summed E-state index contributed by atoms with van der Waals surface area (Å²) in [5.74, 6) is 0.434. The lowest BCUT2D eigenvalue weighted by Crippen LogP contribution is -2.31. The van der Waals surface area contributed by atoms with E-state index in [1.165, 1.54) is 24.4 Å². The molecule has 0 aromatic heterocycles. The van der Waals surface area contributed by atoms with Crippen molar-refractivity contribution in [1.82, 2.24) is 5.32 Å². The number of nitrogens with one attached hydrogen (secondary N) is 1. The Labute approximate surface area is 267 Å². The zero-order chi connectivity index (χ0) is 32.8. The van der Waals surface area contributed by atoms with Crippen LogP contribution in [0.2, 0.25) is 0 Å². The molecule has 10 nitrogen and oxygen atoms in total. The van der Waals surface area contributed by atoms with Gasteiger partial charge in [0, 0.05) is 24.3 Å². The summed E-state index contributed by atoms with van der Waals surface area (Å²) < 4.78 is 35.9. The highest BCUT2D eigenvalue weighted by Crippen LogP contribution is 2.31. The number of hydrogen-bond donors (Lipinski definition) is 2. The average Bonchev–Trinajstić information content (AvgIpc) is 3.36. The van der Waals surface area contributed by atoms with Gasteiger partial charge in [-0.3, -0.25) is 9.69 Å². The summed E-state index contributed by atoms with van der Waals surface area (Å²) in [7, 11) is 2.48. The van der Waals surface area contributed by atoms with Crippen LogP contribution in [0, 0.1) is 6.92 Å². The number of aryl methyl sites for hydroxylation is 1. The fraction of sp³-hybridized carbons (Fsp3) is 0.258. The standard InChI is InChI=1S/C31H35F2N6O4PS/c1-4-5-22(29(34)37-19-36-24-8-10-25(11-9-24)43-21(3)33)15-26(44)16-35-30(41)38-31-39(28(40)18-45-31)27-14-20(2)6-7-23(27)17-42-13-12-32/h4-11,14-16,19,21H,12-13,17-18,44H2,1-3H3,(H,35,41)(H2,34,36,37)/b5-4-,22-15+,26-16-,38-31-. The number of benzene rings is 2. The molecular weight excluding hydrogens is 621 g/mol. The van der Waals surface area contributed by atoms with Crippen LogP contribution in [0.1, 0.15) is 25.0 Å². The van der Waals surface area contributed by atoms with E-state index in [1.807, 2.05) is 19.9 Å². The van der Waals surface area contributed by atoms with Crippen LogP contribution in [0.3, 0.4) is 0 Å². The normalized spacial score (nSPS) is 16.3. The van der Waals surface area contributed by atoms with Gasteiger partial charge in [0.1, 0.15) is 24.6 Å². The quantitative estimate of drug-likeness (QED) is 0.0861. The third kappa shape index (κ3) is 11.4. The molecule has 0 aliphatic carbocycles. The highest BCUT2D eigenvalue weighted by molar-refractivity contribution is 8.15. The molecule has 2 aromatic rings. The predicted octanol–water partition coefficient (Wildman–Crippen LogP) is 6.26. The van der Waals surface area contributed by atoms with Crippen LogP contribution >= 0.6 is 21.0 Å². The van der Waals surface area contributed by atoms with E-state index in [-0.39, 0.29) is 35.9 Å². The third-order valence-corrected chi connectivity index (χ3v) is 7.05. The van der Waals surface area contributed by atoms with Gasteiger partial charge in [-0.25, -0.2) is 23.6 Å². The summed E-state index contributed by atoms with van der Waals surface area (Å²) in [6.07, 6.45) is 6.52. The number of amides is 3. The van der Waals surface area contributed by atoms with E-state index in [2.05, 4.69) is 29.5 Å². The Hall–Kier alpha value is -4.19. The molecule has 3 N–H and O–H groups in total. The first-order valence-electron chi connectivity index (χ1n) is 13.8. The Bertz CT molecular complexity index is 1540. The average molecular weight is 657 g/mol. The van der Waals surface area contributed by atoms with Crippen molar-refractivity contribution in [3.8, 4) is 5.75 Å². The second-order valence-corrected chi connectivity index (χ2v) is 11.0. The van der Waals surface area contributed by atoms with Crippen molar-refractivity contribution in [3.63, 3.8) is 0 Å². The number of anilines is 1. The first-order chi connectivity index (χ1) is 21.6. The number of amidine groups is 2. The number of aliphatic imine (C=N–C) groups is 3. The number of rotatable bonds is 13. The monoisotopic (exact) mass is 656 g/mol. The van der Waals surface area contributed by atoms with Crippen molar-refractivity contribution in [2.45, 2.75) is 33.7 Å². The first-order valence-corrected chi connectivity index (χ1v) is 15.3. The van der Waals surface area contributed by atoms with Crippen LogP contribution in [-0.4, -0.2) is 54.7 Å². The van der Waals surface area contributed by atoms with E-state index in [1.54, 1.807) is 54.6 Å². The summed E-state index contributed by atoms with van der Waals surface area (Å²) in [4.78, 5) is 39.4. The number of nitrogens with two attached hydrogens (primary N) is 1. The highest BCUT2D eigenvalue weighted by atomic mass is 32.2. The first kappa shape index (κ1) is 35.3. The van der Waals surface area contributed by atoms with Crippen molar-refractivity contribution in [3.05, 3.63) is 88.9 Å². The summed E-state index contributed by atoms with van der Waals surface area (Å²) in [6.45, 7) is 4.42. The number of urea groups is 1. The Balaban J connectivity index is 1.72. The fourth-order valence-corrected chi connectivity index (χ4v) is 4.95. The number of carbonyl (C=O) groups excluding carboxylic acids is 2. The molecule has 45 heavy (non-hydrogen) atoms.